The van der Waals surface area contributed by atoms with E-state index in [0.717, 1.165) is 11.1 Å². The lowest BCUT2D eigenvalue weighted by Crippen LogP contribution is -2.44. The van der Waals surface area contributed by atoms with Crippen LogP contribution in [0.3, 0.4) is 0 Å². The Morgan fingerprint density at radius 2 is 2.05 bits per heavy atom. The molecule has 0 unspecified atom stereocenters. The van der Waals surface area contributed by atoms with Crippen LogP contribution >= 0.6 is 0 Å². The van der Waals surface area contributed by atoms with Gasteiger partial charge in [-0.1, -0.05) is 6.92 Å². The third-order valence-electron chi connectivity index (χ3n) is 2.64. The second-order valence-corrected chi connectivity index (χ2v) is 4.67. The van der Waals surface area contributed by atoms with Crippen molar-refractivity contribution in [3.05, 3.63) is 5.82 Å². The number of ether oxygens (including phenoxy) is 1. The minimum Gasteiger partial charge on any atom is -0.460 e. The van der Waals surface area contributed by atoms with Gasteiger partial charge in [0, 0.05) is 5.54 Å². The molecule has 0 saturated carbocycles. The molecular formula is C11H19N5O3. The maximum Gasteiger partial charge on any atom is 0.378 e. The van der Waals surface area contributed by atoms with Crippen molar-refractivity contribution in [2.45, 2.75) is 46.2 Å². The molecule has 0 aliphatic heterocycles. The predicted octanol–water partition coefficient (Wildman–Crippen LogP) is 0.155. The number of hydrogen-bond acceptors (Lipinski definition) is 6. The van der Waals surface area contributed by atoms with Crippen molar-refractivity contribution in [2.24, 2.45) is 0 Å². The molecule has 1 rings (SSSR count). The van der Waals surface area contributed by atoms with Gasteiger partial charge in [0.25, 0.3) is 5.82 Å². The topological polar surface area (TPSA) is 99.0 Å². The minimum atomic E-state index is -0.643. The number of tetrazole rings is 1. The van der Waals surface area contributed by atoms with Crippen LogP contribution in [-0.2, 0) is 16.1 Å². The zero-order chi connectivity index (χ0) is 14.5. The highest BCUT2D eigenvalue weighted by atomic mass is 16.5. The molecule has 1 amide bonds. The Hall–Kier alpha value is -1.99. The Kier molecular flexibility index (Phi) is 4.96. The van der Waals surface area contributed by atoms with Crippen molar-refractivity contribution in [3.63, 3.8) is 0 Å². The van der Waals surface area contributed by atoms with Gasteiger partial charge in [-0.05, 0) is 37.6 Å². The fourth-order valence-corrected chi connectivity index (χ4v) is 1.29. The van der Waals surface area contributed by atoms with Crippen molar-refractivity contribution >= 4 is 11.9 Å². The quantitative estimate of drug-likeness (QED) is 0.738. The lowest BCUT2D eigenvalue weighted by Gasteiger charge is -2.24. The number of carbonyl (C=O) groups excluding carboxylic acids is 2. The van der Waals surface area contributed by atoms with Crippen molar-refractivity contribution < 1.29 is 14.3 Å². The van der Waals surface area contributed by atoms with E-state index >= 15 is 0 Å². The Balaban J connectivity index is 2.70. The first-order chi connectivity index (χ1) is 8.89. The third kappa shape index (κ3) is 4.31. The summed E-state index contributed by atoms with van der Waals surface area (Å²) in [5.74, 6) is -0.981. The van der Waals surface area contributed by atoms with Gasteiger partial charge in [0.05, 0.1) is 6.61 Å². The molecule has 1 heterocycles. The molecule has 106 valence electrons. The third-order valence-corrected chi connectivity index (χ3v) is 2.64. The van der Waals surface area contributed by atoms with Crippen LogP contribution in [0.15, 0.2) is 0 Å². The van der Waals surface area contributed by atoms with Gasteiger partial charge < -0.3 is 10.1 Å². The van der Waals surface area contributed by atoms with E-state index in [1.165, 1.54) is 0 Å². The first-order valence-corrected chi connectivity index (χ1v) is 6.14. The molecule has 0 aromatic carbocycles. The normalized spacial score (nSPS) is 11.2. The number of rotatable bonds is 6. The highest BCUT2D eigenvalue weighted by molar-refractivity contribution is 5.86. The molecule has 0 fully saturated rings. The lowest BCUT2D eigenvalue weighted by molar-refractivity contribution is -0.123. The van der Waals surface area contributed by atoms with Crippen molar-refractivity contribution in [1.82, 2.24) is 25.5 Å². The number of nitrogens with zero attached hydrogens (tertiary/aromatic N) is 4. The van der Waals surface area contributed by atoms with Gasteiger partial charge in [-0.3, -0.25) is 4.79 Å². The zero-order valence-corrected chi connectivity index (χ0v) is 11.6. The number of carbonyl (C=O) groups is 2. The van der Waals surface area contributed by atoms with E-state index < -0.39 is 5.97 Å². The average molecular weight is 269 g/mol. The highest BCUT2D eigenvalue weighted by Crippen LogP contribution is 2.06. The van der Waals surface area contributed by atoms with Gasteiger partial charge >= 0.3 is 5.97 Å². The summed E-state index contributed by atoms with van der Waals surface area (Å²) in [6.45, 7) is 7.59. The highest BCUT2D eigenvalue weighted by Gasteiger charge is 2.22. The average Bonchev–Trinajstić information content (AvgIpc) is 2.76. The van der Waals surface area contributed by atoms with Gasteiger partial charge in [-0.2, -0.15) is 0 Å². The predicted molar refractivity (Wildman–Crippen MR) is 66.3 cm³/mol. The second kappa shape index (κ2) is 6.26. The molecule has 8 nitrogen and oxygen atoms in total. The fraction of sp³-hybridized carbons (Fsp3) is 0.727. The fourth-order valence-electron chi connectivity index (χ4n) is 1.29. The van der Waals surface area contributed by atoms with Gasteiger partial charge in [0.15, 0.2) is 0 Å². The summed E-state index contributed by atoms with van der Waals surface area (Å²) in [5, 5.41) is 13.4. The van der Waals surface area contributed by atoms with Crippen LogP contribution in [0.1, 0.15) is 44.7 Å². The Morgan fingerprint density at radius 3 is 2.63 bits per heavy atom. The smallest absolute Gasteiger partial charge is 0.378 e. The van der Waals surface area contributed by atoms with Crippen LogP contribution in [0.25, 0.3) is 0 Å². The van der Waals surface area contributed by atoms with Crippen LogP contribution < -0.4 is 5.32 Å². The summed E-state index contributed by atoms with van der Waals surface area (Å²) < 4.78 is 5.92. The van der Waals surface area contributed by atoms with E-state index in [4.69, 9.17) is 4.74 Å². The van der Waals surface area contributed by atoms with Crippen LogP contribution in [0.4, 0.5) is 0 Å². The second-order valence-electron chi connectivity index (χ2n) is 4.67. The van der Waals surface area contributed by atoms with Gasteiger partial charge in [0.1, 0.15) is 6.54 Å². The van der Waals surface area contributed by atoms with Gasteiger partial charge in [-0.25, -0.2) is 9.48 Å². The summed E-state index contributed by atoms with van der Waals surface area (Å²) >= 11 is 0. The molecule has 1 N–H and O–H groups in total. The van der Waals surface area contributed by atoms with Gasteiger partial charge in [0.2, 0.25) is 5.91 Å². The molecule has 0 spiro atoms. The van der Waals surface area contributed by atoms with E-state index in [2.05, 4.69) is 20.8 Å². The number of hydrogen-bond donors (Lipinski definition) is 1. The number of nitrogens with one attached hydrogen (secondary N) is 1. The SMILES string of the molecule is CCOC(=O)c1nnnn1CC(=O)NC(C)(C)CC. The monoisotopic (exact) mass is 269 g/mol. The molecule has 0 atom stereocenters. The molecular weight excluding hydrogens is 250 g/mol. The first kappa shape index (κ1) is 15.1. The van der Waals surface area contributed by atoms with Crippen molar-refractivity contribution in [2.75, 3.05) is 6.61 Å². The van der Waals surface area contributed by atoms with Crippen LogP contribution in [0, 0.1) is 0 Å². The van der Waals surface area contributed by atoms with E-state index in [1.54, 1.807) is 6.92 Å². The van der Waals surface area contributed by atoms with Crippen molar-refractivity contribution in [1.29, 1.82) is 0 Å². The Labute approximate surface area is 111 Å². The largest absolute Gasteiger partial charge is 0.460 e. The summed E-state index contributed by atoms with van der Waals surface area (Å²) in [7, 11) is 0. The van der Waals surface area contributed by atoms with Crippen LogP contribution in [0.5, 0.6) is 0 Å². The maximum absolute atomic E-state index is 11.8. The number of aromatic nitrogens is 4. The Morgan fingerprint density at radius 1 is 1.37 bits per heavy atom. The number of esters is 1. The summed E-state index contributed by atoms with van der Waals surface area (Å²) in [5.41, 5.74) is -0.310. The van der Waals surface area contributed by atoms with Gasteiger partial charge in [-0.15, -0.1) is 5.10 Å². The number of amides is 1. The molecule has 8 heteroatoms. The van der Waals surface area contributed by atoms with E-state index in [1.807, 2.05) is 20.8 Å². The van der Waals surface area contributed by atoms with Crippen LogP contribution in [-0.4, -0.2) is 44.2 Å². The molecule has 0 aliphatic rings. The standard InChI is InChI=1S/C11H19N5O3/c1-5-11(3,4)12-8(17)7-16-9(13-14-15-16)10(18)19-6-2/h5-7H2,1-4H3,(H,12,17). The van der Waals surface area contributed by atoms with E-state index in [0.29, 0.717) is 0 Å². The summed E-state index contributed by atoms with van der Waals surface area (Å²) in [6.07, 6.45) is 0.791. The minimum absolute atomic E-state index is 0.0775. The molecule has 0 bridgehead atoms. The van der Waals surface area contributed by atoms with E-state index in [-0.39, 0.29) is 30.4 Å². The van der Waals surface area contributed by atoms with Crippen molar-refractivity contribution in [3.8, 4) is 0 Å². The maximum atomic E-state index is 11.8. The molecule has 0 saturated heterocycles. The molecule has 0 aliphatic carbocycles. The van der Waals surface area contributed by atoms with Crippen LogP contribution in [0.2, 0.25) is 0 Å². The van der Waals surface area contributed by atoms with E-state index in [9.17, 15) is 9.59 Å². The molecule has 1 aromatic heterocycles. The molecule has 19 heavy (non-hydrogen) atoms. The first-order valence-electron chi connectivity index (χ1n) is 6.14. The molecule has 1 aromatic rings. The lowest BCUT2D eigenvalue weighted by atomic mass is 10.0. The Bertz CT molecular complexity index is 455. The zero-order valence-electron chi connectivity index (χ0n) is 11.6. The summed E-state index contributed by atoms with van der Waals surface area (Å²) in [6, 6.07) is 0. The summed E-state index contributed by atoms with van der Waals surface area (Å²) in [4.78, 5) is 23.4. The molecule has 0 radical (unpaired) electrons.